The molecule has 31 heavy (non-hydrogen) atoms. The minimum absolute atomic E-state index is 0.414. The molecule has 0 amide bonds. The molecule has 0 aliphatic rings. The van der Waals surface area contributed by atoms with Gasteiger partial charge >= 0.3 is 0 Å². The van der Waals surface area contributed by atoms with Crippen molar-refractivity contribution in [3.05, 3.63) is 100 Å². The summed E-state index contributed by atoms with van der Waals surface area (Å²) in [7, 11) is 1.64. The van der Waals surface area contributed by atoms with Gasteiger partial charge in [0.15, 0.2) is 11.5 Å². The van der Waals surface area contributed by atoms with Gasteiger partial charge in [-0.3, -0.25) is 0 Å². The number of aryl methyl sites for hydroxylation is 2. The molecule has 0 heterocycles. The average molecular weight is 432 g/mol. The summed E-state index contributed by atoms with van der Waals surface area (Å²) in [5.74, 6) is 1.19. The predicted molar refractivity (Wildman–Crippen MR) is 130 cm³/mol. The molecule has 0 saturated carbocycles. The number of ether oxygens (including phenoxy) is 2. The fourth-order valence-electron chi connectivity index (χ4n) is 3.71. The molecule has 0 aromatic heterocycles. The molecule has 0 bridgehead atoms. The maximum atomic E-state index is 6.60. The van der Waals surface area contributed by atoms with Crippen LogP contribution in [-0.4, -0.2) is 7.11 Å². The van der Waals surface area contributed by atoms with Crippen LogP contribution in [0.15, 0.2) is 72.8 Å². The molecule has 0 aliphatic carbocycles. The van der Waals surface area contributed by atoms with Gasteiger partial charge in [0, 0.05) is 12.2 Å². The van der Waals surface area contributed by atoms with Crippen molar-refractivity contribution in [1.82, 2.24) is 0 Å². The van der Waals surface area contributed by atoms with Crippen molar-refractivity contribution in [2.75, 3.05) is 12.4 Å². The molecule has 4 heteroatoms. The van der Waals surface area contributed by atoms with Gasteiger partial charge in [0.25, 0.3) is 0 Å². The first-order valence-electron chi connectivity index (χ1n) is 10.3. The lowest BCUT2D eigenvalue weighted by molar-refractivity contribution is 0.285. The molecule has 0 aliphatic heterocycles. The number of rotatable bonds is 7. The second-order valence-corrected chi connectivity index (χ2v) is 8.12. The van der Waals surface area contributed by atoms with Crippen molar-refractivity contribution in [2.24, 2.45) is 0 Å². The van der Waals surface area contributed by atoms with Crippen LogP contribution in [0.2, 0.25) is 5.02 Å². The number of fused-ring (bicyclic) bond motifs is 1. The molecule has 0 unspecified atom stereocenters. The van der Waals surface area contributed by atoms with Crippen LogP contribution in [0.4, 0.5) is 5.69 Å². The monoisotopic (exact) mass is 431 g/mol. The molecule has 3 nitrogen and oxygen atoms in total. The first kappa shape index (κ1) is 21.1. The van der Waals surface area contributed by atoms with E-state index in [0.29, 0.717) is 29.7 Å². The number of nitrogens with one attached hydrogen (secondary N) is 1. The molecule has 0 spiro atoms. The summed E-state index contributed by atoms with van der Waals surface area (Å²) in [5, 5.41) is 6.40. The Labute approximate surface area is 188 Å². The van der Waals surface area contributed by atoms with Gasteiger partial charge in [0.2, 0.25) is 0 Å². The predicted octanol–water partition coefficient (Wildman–Crippen LogP) is 7.31. The van der Waals surface area contributed by atoms with E-state index in [1.54, 1.807) is 7.11 Å². The number of hydrogen-bond acceptors (Lipinski definition) is 3. The number of hydrogen-bond donors (Lipinski definition) is 1. The molecule has 0 saturated heterocycles. The SMILES string of the molecule is COc1cc(CNc2cc(C)ccc2C)cc(Cl)c1OCc1cccc2ccccc12. The highest BCUT2D eigenvalue weighted by Crippen LogP contribution is 2.37. The lowest BCUT2D eigenvalue weighted by Gasteiger charge is -2.16. The van der Waals surface area contributed by atoms with Crippen molar-refractivity contribution in [2.45, 2.75) is 27.0 Å². The first-order valence-corrected chi connectivity index (χ1v) is 10.7. The van der Waals surface area contributed by atoms with E-state index in [9.17, 15) is 0 Å². The van der Waals surface area contributed by atoms with Gasteiger partial charge in [-0.05, 0) is 65.1 Å². The summed E-state index contributed by atoms with van der Waals surface area (Å²) in [4.78, 5) is 0. The van der Waals surface area contributed by atoms with Gasteiger partial charge in [-0.15, -0.1) is 0 Å². The Morgan fingerprint density at radius 3 is 2.55 bits per heavy atom. The number of anilines is 1. The highest BCUT2D eigenvalue weighted by Gasteiger charge is 2.13. The molecule has 4 aromatic carbocycles. The van der Waals surface area contributed by atoms with Crippen LogP contribution in [-0.2, 0) is 13.2 Å². The summed E-state index contributed by atoms with van der Waals surface area (Å²) in [6.45, 7) is 5.24. The summed E-state index contributed by atoms with van der Waals surface area (Å²) >= 11 is 6.60. The van der Waals surface area contributed by atoms with Gasteiger partial charge in [0.05, 0.1) is 12.1 Å². The van der Waals surface area contributed by atoms with Crippen molar-refractivity contribution in [3.8, 4) is 11.5 Å². The Bertz CT molecular complexity index is 1210. The zero-order chi connectivity index (χ0) is 21.8. The van der Waals surface area contributed by atoms with E-state index in [2.05, 4.69) is 61.6 Å². The minimum atomic E-state index is 0.414. The average Bonchev–Trinajstić information content (AvgIpc) is 2.78. The van der Waals surface area contributed by atoms with Crippen LogP contribution in [0.25, 0.3) is 10.8 Å². The van der Waals surface area contributed by atoms with Crippen LogP contribution < -0.4 is 14.8 Å². The van der Waals surface area contributed by atoms with E-state index in [1.807, 2.05) is 30.3 Å². The van der Waals surface area contributed by atoms with E-state index in [-0.39, 0.29) is 0 Å². The zero-order valence-electron chi connectivity index (χ0n) is 18.0. The molecular formula is C27H26ClNO2. The first-order chi connectivity index (χ1) is 15.0. The van der Waals surface area contributed by atoms with Crippen LogP contribution in [0.3, 0.4) is 0 Å². The largest absolute Gasteiger partial charge is 0.493 e. The second-order valence-electron chi connectivity index (χ2n) is 7.71. The highest BCUT2D eigenvalue weighted by atomic mass is 35.5. The number of benzene rings is 4. The van der Waals surface area contributed by atoms with Crippen LogP contribution >= 0.6 is 11.6 Å². The molecule has 4 aromatic rings. The Hall–Kier alpha value is -3.17. The molecular weight excluding hydrogens is 406 g/mol. The fourth-order valence-corrected chi connectivity index (χ4v) is 4.00. The normalized spacial score (nSPS) is 10.8. The third-order valence-electron chi connectivity index (χ3n) is 5.42. The third kappa shape index (κ3) is 4.78. The van der Waals surface area contributed by atoms with Gasteiger partial charge < -0.3 is 14.8 Å². The van der Waals surface area contributed by atoms with Crippen LogP contribution in [0, 0.1) is 13.8 Å². The summed E-state index contributed by atoms with van der Waals surface area (Å²) in [5.41, 5.74) is 5.68. The quantitative estimate of drug-likeness (QED) is 0.332. The molecule has 1 N–H and O–H groups in total. The lowest BCUT2D eigenvalue weighted by Crippen LogP contribution is -2.04. The van der Waals surface area contributed by atoms with Gasteiger partial charge in [-0.2, -0.15) is 0 Å². The topological polar surface area (TPSA) is 30.5 Å². The Morgan fingerprint density at radius 2 is 1.71 bits per heavy atom. The third-order valence-corrected chi connectivity index (χ3v) is 5.70. The van der Waals surface area contributed by atoms with Gasteiger partial charge in [-0.1, -0.05) is 66.2 Å². The van der Waals surface area contributed by atoms with Crippen LogP contribution in [0.5, 0.6) is 11.5 Å². The van der Waals surface area contributed by atoms with E-state index in [4.69, 9.17) is 21.1 Å². The van der Waals surface area contributed by atoms with Crippen molar-refractivity contribution in [1.29, 1.82) is 0 Å². The molecule has 0 atom stereocenters. The second kappa shape index (κ2) is 9.32. The smallest absolute Gasteiger partial charge is 0.180 e. The van der Waals surface area contributed by atoms with Gasteiger partial charge in [0.1, 0.15) is 6.61 Å². The standard InChI is InChI=1S/C27H26ClNO2/c1-18-11-12-19(2)25(13-18)29-16-20-14-24(28)27(26(15-20)30-3)31-17-22-9-6-8-21-7-4-5-10-23(21)22/h4-15,29H,16-17H2,1-3H3. The number of halogens is 1. The van der Waals surface area contributed by atoms with Crippen molar-refractivity contribution < 1.29 is 9.47 Å². The maximum absolute atomic E-state index is 6.60. The fraction of sp³-hybridized carbons (Fsp3) is 0.185. The molecule has 0 fully saturated rings. The zero-order valence-corrected chi connectivity index (χ0v) is 18.8. The Balaban J connectivity index is 1.53. The van der Waals surface area contributed by atoms with Crippen molar-refractivity contribution in [3.63, 3.8) is 0 Å². The highest BCUT2D eigenvalue weighted by molar-refractivity contribution is 6.32. The lowest BCUT2D eigenvalue weighted by atomic mass is 10.1. The van der Waals surface area contributed by atoms with E-state index in [1.165, 1.54) is 21.9 Å². The van der Waals surface area contributed by atoms with Crippen LogP contribution in [0.1, 0.15) is 22.3 Å². The van der Waals surface area contributed by atoms with E-state index >= 15 is 0 Å². The summed E-state index contributed by atoms with van der Waals surface area (Å²) < 4.78 is 11.7. The molecule has 158 valence electrons. The van der Waals surface area contributed by atoms with E-state index in [0.717, 1.165) is 16.8 Å². The van der Waals surface area contributed by atoms with Gasteiger partial charge in [-0.25, -0.2) is 0 Å². The molecule has 4 rings (SSSR count). The Kier molecular flexibility index (Phi) is 6.34. The van der Waals surface area contributed by atoms with Crippen molar-refractivity contribution >= 4 is 28.1 Å². The minimum Gasteiger partial charge on any atom is -0.493 e. The number of methoxy groups -OCH3 is 1. The summed E-state index contributed by atoms with van der Waals surface area (Å²) in [6.07, 6.45) is 0. The molecule has 0 radical (unpaired) electrons. The Morgan fingerprint density at radius 1 is 0.903 bits per heavy atom. The van der Waals surface area contributed by atoms with E-state index < -0.39 is 0 Å². The maximum Gasteiger partial charge on any atom is 0.180 e. The summed E-state index contributed by atoms with van der Waals surface area (Å²) in [6, 6.07) is 24.8.